The summed E-state index contributed by atoms with van der Waals surface area (Å²) in [5.41, 5.74) is 4.14. The molecular weight excluding hydrogens is 380 g/mol. The molecule has 4 nitrogen and oxygen atoms in total. The second-order valence-corrected chi connectivity index (χ2v) is 7.29. The molecule has 0 radical (unpaired) electrons. The Labute approximate surface area is 166 Å². The van der Waals surface area contributed by atoms with Gasteiger partial charge in [-0.15, -0.1) is 0 Å². The molecule has 3 aromatic carbocycles. The highest BCUT2D eigenvalue weighted by Gasteiger charge is 2.04. The number of nitrogens with one attached hydrogen (secondary N) is 1. The number of amides is 1. The lowest BCUT2D eigenvalue weighted by Crippen LogP contribution is -2.19. The van der Waals surface area contributed by atoms with Gasteiger partial charge in [0.15, 0.2) is 0 Å². The Bertz CT molecular complexity index is 958. The summed E-state index contributed by atoms with van der Waals surface area (Å²) in [4.78, 5) is 14.1. The number of carbonyl (C=O) groups is 1. The van der Waals surface area contributed by atoms with Crippen LogP contribution >= 0.6 is 23.4 Å². The number of halogens is 1. The predicted octanol–water partition coefficient (Wildman–Crippen LogP) is 4.89. The SMILES string of the molecule is O=C(Cc1cccc(O)c1)NN=Cc1ccccc1Sc1ccc(Cl)cc1. The van der Waals surface area contributed by atoms with E-state index >= 15 is 0 Å². The molecule has 1 amide bonds. The highest BCUT2D eigenvalue weighted by Crippen LogP contribution is 2.30. The maximum Gasteiger partial charge on any atom is 0.244 e. The summed E-state index contributed by atoms with van der Waals surface area (Å²) >= 11 is 7.52. The topological polar surface area (TPSA) is 61.7 Å². The van der Waals surface area contributed by atoms with Crippen molar-refractivity contribution in [3.05, 3.63) is 88.9 Å². The van der Waals surface area contributed by atoms with Crippen LogP contribution in [0.15, 0.2) is 87.7 Å². The molecule has 136 valence electrons. The molecule has 27 heavy (non-hydrogen) atoms. The van der Waals surface area contributed by atoms with Crippen LogP contribution in [-0.4, -0.2) is 17.2 Å². The molecule has 6 heteroatoms. The molecule has 0 aliphatic rings. The van der Waals surface area contributed by atoms with Crippen LogP contribution in [0.4, 0.5) is 0 Å². The summed E-state index contributed by atoms with van der Waals surface area (Å²) in [5, 5.41) is 14.2. The number of hydrogen-bond donors (Lipinski definition) is 2. The van der Waals surface area contributed by atoms with E-state index in [2.05, 4.69) is 10.5 Å². The van der Waals surface area contributed by atoms with Crippen LogP contribution in [0, 0.1) is 0 Å². The van der Waals surface area contributed by atoms with Crippen molar-refractivity contribution in [3.8, 4) is 5.75 Å². The maximum absolute atomic E-state index is 12.0. The molecule has 0 aliphatic heterocycles. The monoisotopic (exact) mass is 396 g/mol. The summed E-state index contributed by atoms with van der Waals surface area (Å²) in [5.74, 6) is -0.114. The molecule has 0 atom stereocenters. The molecule has 0 aliphatic carbocycles. The fraction of sp³-hybridized carbons (Fsp3) is 0.0476. The first-order chi connectivity index (χ1) is 13.1. The number of phenolic OH excluding ortho intramolecular Hbond substituents is 1. The number of rotatable bonds is 6. The van der Waals surface area contributed by atoms with E-state index in [1.54, 1.807) is 42.2 Å². The number of benzene rings is 3. The van der Waals surface area contributed by atoms with Gasteiger partial charge in [-0.2, -0.15) is 5.10 Å². The van der Waals surface area contributed by atoms with Gasteiger partial charge in [-0.25, -0.2) is 5.43 Å². The van der Waals surface area contributed by atoms with Crippen LogP contribution in [0.25, 0.3) is 0 Å². The molecule has 0 saturated heterocycles. The van der Waals surface area contributed by atoms with Crippen LogP contribution in [0.3, 0.4) is 0 Å². The van der Waals surface area contributed by atoms with Gasteiger partial charge in [-0.1, -0.05) is 53.7 Å². The van der Waals surface area contributed by atoms with Crippen LogP contribution < -0.4 is 5.43 Å². The predicted molar refractivity (Wildman–Crippen MR) is 110 cm³/mol. The van der Waals surface area contributed by atoms with Crippen LogP contribution in [0.1, 0.15) is 11.1 Å². The third-order valence-electron chi connectivity index (χ3n) is 3.63. The smallest absolute Gasteiger partial charge is 0.244 e. The minimum Gasteiger partial charge on any atom is -0.508 e. The van der Waals surface area contributed by atoms with E-state index in [0.29, 0.717) is 5.02 Å². The lowest BCUT2D eigenvalue weighted by Gasteiger charge is -2.06. The second kappa shape index (κ2) is 9.26. The fourth-order valence-corrected chi connectivity index (χ4v) is 3.41. The van der Waals surface area contributed by atoms with Crippen molar-refractivity contribution in [1.29, 1.82) is 0 Å². The first kappa shape index (κ1) is 19.0. The highest BCUT2D eigenvalue weighted by atomic mass is 35.5. The Kier molecular flexibility index (Phi) is 6.52. The second-order valence-electron chi connectivity index (χ2n) is 5.73. The van der Waals surface area contributed by atoms with Gasteiger partial charge >= 0.3 is 0 Å². The number of carbonyl (C=O) groups excluding carboxylic acids is 1. The van der Waals surface area contributed by atoms with Gasteiger partial charge in [-0.3, -0.25) is 4.79 Å². The molecule has 0 spiro atoms. The van der Waals surface area contributed by atoms with Crippen LogP contribution in [-0.2, 0) is 11.2 Å². The number of hydrazone groups is 1. The van der Waals surface area contributed by atoms with E-state index in [-0.39, 0.29) is 18.1 Å². The van der Waals surface area contributed by atoms with Crippen molar-refractivity contribution in [2.24, 2.45) is 5.10 Å². The van der Waals surface area contributed by atoms with Gasteiger partial charge < -0.3 is 5.11 Å². The standard InChI is InChI=1S/C21H17ClN2O2S/c22-17-8-10-19(11-9-17)27-20-7-2-1-5-16(20)14-23-24-21(26)13-15-4-3-6-18(25)12-15/h1-12,14,25H,13H2,(H,24,26). The van der Waals surface area contributed by atoms with Crippen molar-refractivity contribution < 1.29 is 9.90 Å². The minimum atomic E-state index is -0.250. The zero-order chi connectivity index (χ0) is 19.1. The molecule has 0 heterocycles. The van der Waals surface area contributed by atoms with Gasteiger partial charge in [-0.05, 0) is 48.0 Å². The highest BCUT2D eigenvalue weighted by molar-refractivity contribution is 7.99. The number of aromatic hydroxyl groups is 1. The largest absolute Gasteiger partial charge is 0.508 e. The summed E-state index contributed by atoms with van der Waals surface area (Å²) in [7, 11) is 0. The quantitative estimate of drug-likeness (QED) is 0.460. The van der Waals surface area contributed by atoms with Gasteiger partial charge in [0.25, 0.3) is 0 Å². The van der Waals surface area contributed by atoms with E-state index < -0.39 is 0 Å². The van der Waals surface area contributed by atoms with Crippen molar-refractivity contribution in [1.82, 2.24) is 5.43 Å². The number of hydrogen-bond acceptors (Lipinski definition) is 4. The van der Waals surface area contributed by atoms with Gasteiger partial charge in [0.1, 0.15) is 5.75 Å². The normalized spacial score (nSPS) is 10.9. The van der Waals surface area contributed by atoms with Gasteiger partial charge in [0.05, 0.1) is 12.6 Å². The molecule has 3 aromatic rings. The Balaban J connectivity index is 1.63. The Morgan fingerprint density at radius 1 is 1.07 bits per heavy atom. The lowest BCUT2D eigenvalue weighted by atomic mass is 10.1. The molecule has 0 bridgehead atoms. The molecule has 0 fully saturated rings. The Hall–Kier alpha value is -2.76. The number of phenols is 1. The minimum absolute atomic E-state index is 0.136. The summed E-state index contributed by atoms with van der Waals surface area (Å²) in [6.07, 6.45) is 1.77. The molecule has 3 rings (SSSR count). The van der Waals surface area contributed by atoms with E-state index in [1.807, 2.05) is 48.5 Å². The van der Waals surface area contributed by atoms with E-state index in [1.165, 1.54) is 0 Å². The average Bonchev–Trinajstić information content (AvgIpc) is 2.65. The van der Waals surface area contributed by atoms with Crippen molar-refractivity contribution in [2.45, 2.75) is 16.2 Å². The molecule has 0 unspecified atom stereocenters. The number of nitrogens with zero attached hydrogens (tertiary/aromatic N) is 1. The fourth-order valence-electron chi connectivity index (χ4n) is 2.37. The van der Waals surface area contributed by atoms with Crippen molar-refractivity contribution >= 4 is 35.5 Å². The molecule has 2 N–H and O–H groups in total. The van der Waals surface area contributed by atoms with Crippen molar-refractivity contribution in [3.63, 3.8) is 0 Å². The molecule has 0 saturated carbocycles. The first-order valence-electron chi connectivity index (χ1n) is 8.22. The van der Waals surface area contributed by atoms with Crippen molar-refractivity contribution in [2.75, 3.05) is 0 Å². The summed E-state index contributed by atoms with van der Waals surface area (Å²) in [6.45, 7) is 0. The zero-order valence-corrected chi connectivity index (χ0v) is 15.9. The van der Waals surface area contributed by atoms with E-state index in [9.17, 15) is 9.90 Å². The molecule has 0 aromatic heterocycles. The Morgan fingerprint density at radius 3 is 2.63 bits per heavy atom. The Morgan fingerprint density at radius 2 is 1.85 bits per heavy atom. The summed E-state index contributed by atoms with van der Waals surface area (Å²) < 4.78 is 0. The lowest BCUT2D eigenvalue weighted by molar-refractivity contribution is -0.120. The third-order valence-corrected chi connectivity index (χ3v) is 4.98. The summed E-state index contributed by atoms with van der Waals surface area (Å²) in [6, 6.07) is 22.0. The van der Waals surface area contributed by atoms with E-state index in [4.69, 9.17) is 11.6 Å². The zero-order valence-electron chi connectivity index (χ0n) is 14.3. The maximum atomic E-state index is 12.0. The molecular formula is C21H17ClN2O2S. The average molecular weight is 397 g/mol. The van der Waals surface area contributed by atoms with Gasteiger partial charge in [0.2, 0.25) is 5.91 Å². The van der Waals surface area contributed by atoms with Gasteiger partial charge in [0, 0.05) is 20.4 Å². The van der Waals surface area contributed by atoms with Crippen LogP contribution in [0.5, 0.6) is 5.75 Å². The third kappa shape index (κ3) is 5.88. The van der Waals surface area contributed by atoms with E-state index in [0.717, 1.165) is 20.9 Å². The first-order valence-corrected chi connectivity index (χ1v) is 9.42. The van der Waals surface area contributed by atoms with Crippen LogP contribution in [0.2, 0.25) is 5.02 Å².